The van der Waals surface area contributed by atoms with Gasteiger partial charge >= 0.3 is 0 Å². The molecular weight excluding hydrogens is 422 g/mol. The predicted octanol–water partition coefficient (Wildman–Crippen LogP) is 6.40. The van der Waals surface area contributed by atoms with Crippen LogP contribution in [-0.2, 0) is 6.61 Å². The van der Waals surface area contributed by atoms with Crippen molar-refractivity contribution in [3.8, 4) is 5.75 Å². The Kier molecular flexibility index (Phi) is 6.63. The Morgan fingerprint density at radius 3 is 2.16 bits per heavy atom. The largest absolute Gasteiger partial charge is 0.488 e. The monoisotopic (exact) mass is 441 g/mol. The van der Waals surface area contributed by atoms with Crippen LogP contribution < -0.4 is 10.1 Å². The van der Waals surface area contributed by atoms with Gasteiger partial charge in [-0.25, -0.2) is 0 Å². The molecule has 0 unspecified atom stereocenters. The number of anilines is 1. The third kappa shape index (κ3) is 5.05. The minimum atomic E-state index is -0.413. The lowest BCUT2D eigenvalue weighted by Crippen LogP contribution is -2.16. The smallest absolute Gasteiger partial charge is 0.259 e. The quantitative estimate of drug-likeness (QED) is 0.337. The van der Waals surface area contributed by atoms with Gasteiger partial charge in [-0.15, -0.1) is 0 Å². The van der Waals surface area contributed by atoms with Crippen LogP contribution in [0.15, 0.2) is 103 Å². The number of para-hydroxylation sites is 1. The van der Waals surface area contributed by atoms with Crippen LogP contribution >= 0.6 is 11.6 Å². The average molecular weight is 442 g/mol. The van der Waals surface area contributed by atoms with Crippen molar-refractivity contribution in [2.75, 3.05) is 5.32 Å². The van der Waals surface area contributed by atoms with Gasteiger partial charge in [-0.05, 0) is 35.9 Å². The van der Waals surface area contributed by atoms with E-state index in [1.54, 1.807) is 66.7 Å². The number of rotatable bonds is 7. The predicted molar refractivity (Wildman–Crippen MR) is 126 cm³/mol. The summed E-state index contributed by atoms with van der Waals surface area (Å²) in [5.74, 6) is -0.181. The molecule has 0 aliphatic rings. The van der Waals surface area contributed by atoms with Crippen molar-refractivity contribution in [1.82, 2.24) is 0 Å². The number of benzene rings is 4. The van der Waals surface area contributed by atoms with Crippen molar-refractivity contribution in [1.29, 1.82) is 0 Å². The second kappa shape index (κ2) is 9.94. The second-order valence-corrected chi connectivity index (χ2v) is 7.55. The van der Waals surface area contributed by atoms with Gasteiger partial charge in [0.15, 0.2) is 5.78 Å². The van der Waals surface area contributed by atoms with E-state index in [9.17, 15) is 9.59 Å². The summed E-state index contributed by atoms with van der Waals surface area (Å²) in [7, 11) is 0. The molecule has 0 fully saturated rings. The second-order valence-electron chi connectivity index (χ2n) is 7.11. The van der Waals surface area contributed by atoms with Crippen molar-refractivity contribution in [2.45, 2.75) is 6.61 Å². The molecule has 4 nitrogen and oxygen atoms in total. The van der Waals surface area contributed by atoms with Crippen molar-refractivity contribution in [3.63, 3.8) is 0 Å². The van der Waals surface area contributed by atoms with E-state index in [2.05, 4.69) is 5.32 Å². The van der Waals surface area contributed by atoms with E-state index in [0.717, 1.165) is 5.56 Å². The summed E-state index contributed by atoms with van der Waals surface area (Å²) in [4.78, 5) is 26.1. The standard InChI is InChI=1S/C27H20ClNO3/c28-21-15-16-25(32-18-19-9-3-1-4-10-19)23(17-21)27(31)29-24-14-8-7-13-22(24)26(30)20-11-5-2-6-12-20/h1-17H,18H2,(H,29,31). The van der Waals surface area contributed by atoms with Gasteiger partial charge in [-0.2, -0.15) is 0 Å². The molecular formula is C27H20ClNO3. The molecule has 1 N–H and O–H groups in total. The highest BCUT2D eigenvalue weighted by molar-refractivity contribution is 6.31. The topological polar surface area (TPSA) is 55.4 Å². The summed E-state index contributed by atoms with van der Waals surface area (Å²) in [5.41, 5.74) is 2.63. The number of hydrogen-bond acceptors (Lipinski definition) is 3. The highest BCUT2D eigenvalue weighted by Crippen LogP contribution is 2.26. The van der Waals surface area contributed by atoms with Crippen molar-refractivity contribution >= 4 is 29.0 Å². The molecule has 0 atom stereocenters. The van der Waals surface area contributed by atoms with Gasteiger partial charge in [0, 0.05) is 16.1 Å². The SMILES string of the molecule is O=C(c1ccccc1)c1ccccc1NC(=O)c1cc(Cl)ccc1OCc1ccccc1. The number of ether oxygens (including phenoxy) is 1. The number of carbonyl (C=O) groups excluding carboxylic acids is 2. The molecule has 32 heavy (non-hydrogen) atoms. The van der Waals surface area contributed by atoms with Gasteiger partial charge in [0.1, 0.15) is 12.4 Å². The first-order chi connectivity index (χ1) is 15.6. The highest BCUT2D eigenvalue weighted by Gasteiger charge is 2.18. The third-order valence-electron chi connectivity index (χ3n) is 4.88. The number of amides is 1. The molecule has 1 amide bonds. The molecule has 0 aliphatic heterocycles. The van der Waals surface area contributed by atoms with Crippen LogP contribution in [0.5, 0.6) is 5.75 Å². The maximum Gasteiger partial charge on any atom is 0.259 e. The van der Waals surface area contributed by atoms with Gasteiger partial charge in [0.2, 0.25) is 0 Å². The molecule has 0 radical (unpaired) electrons. The summed E-state index contributed by atoms with van der Waals surface area (Å²) < 4.78 is 5.90. The molecule has 4 aromatic carbocycles. The Morgan fingerprint density at radius 2 is 1.41 bits per heavy atom. The zero-order chi connectivity index (χ0) is 22.3. The first-order valence-electron chi connectivity index (χ1n) is 10.1. The third-order valence-corrected chi connectivity index (χ3v) is 5.11. The van der Waals surface area contributed by atoms with Gasteiger partial charge in [0.05, 0.1) is 11.3 Å². The number of halogens is 1. The molecule has 0 saturated heterocycles. The first-order valence-corrected chi connectivity index (χ1v) is 10.5. The lowest BCUT2D eigenvalue weighted by molar-refractivity contribution is 0.102. The molecule has 4 aromatic rings. The van der Waals surface area contributed by atoms with Gasteiger partial charge in [-0.1, -0.05) is 84.4 Å². The molecule has 0 bridgehead atoms. The number of nitrogens with one attached hydrogen (secondary N) is 1. The Labute approximate surface area is 191 Å². The summed E-state index contributed by atoms with van der Waals surface area (Å²) >= 11 is 6.15. The summed E-state index contributed by atoms with van der Waals surface area (Å²) in [6, 6.07) is 30.4. The number of ketones is 1. The molecule has 158 valence electrons. The van der Waals surface area contributed by atoms with E-state index in [4.69, 9.17) is 16.3 Å². The van der Waals surface area contributed by atoms with Crippen LogP contribution in [0.25, 0.3) is 0 Å². The van der Waals surface area contributed by atoms with Crippen LogP contribution in [-0.4, -0.2) is 11.7 Å². The molecule has 0 aliphatic carbocycles. The lowest BCUT2D eigenvalue weighted by Gasteiger charge is -2.14. The lowest BCUT2D eigenvalue weighted by atomic mass is 10.0. The van der Waals surface area contributed by atoms with Gasteiger partial charge in [0.25, 0.3) is 5.91 Å². The fourth-order valence-electron chi connectivity index (χ4n) is 3.27. The maximum absolute atomic E-state index is 13.1. The van der Waals surface area contributed by atoms with Crippen molar-refractivity contribution in [2.24, 2.45) is 0 Å². The van der Waals surface area contributed by atoms with Crippen LogP contribution in [0.1, 0.15) is 31.8 Å². The minimum Gasteiger partial charge on any atom is -0.488 e. The first kappa shape index (κ1) is 21.3. The minimum absolute atomic E-state index is 0.173. The zero-order valence-electron chi connectivity index (χ0n) is 17.1. The van der Waals surface area contributed by atoms with E-state index >= 15 is 0 Å². The Hall–Kier alpha value is -3.89. The molecule has 0 spiro atoms. The molecule has 0 saturated carbocycles. The fourth-order valence-corrected chi connectivity index (χ4v) is 3.44. The van der Waals surface area contributed by atoms with E-state index in [-0.39, 0.29) is 11.3 Å². The Balaban J connectivity index is 1.58. The summed E-state index contributed by atoms with van der Waals surface area (Å²) in [6.07, 6.45) is 0. The van der Waals surface area contributed by atoms with Crippen LogP contribution in [0.2, 0.25) is 5.02 Å². The fraction of sp³-hybridized carbons (Fsp3) is 0.0370. The Bertz CT molecular complexity index is 1240. The number of carbonyl (C=O) groups is 2. The van der Waals surface area contributed by atoms with Crippen LogP contribution in [0, 0.1) is 0 Å². The van der Waals surface area contributed by atoms with Crippen molar-refractivity contribution in [3.05, 3.63) is 130 Å². The molecule has 4 rings (SSSR count). The highest BCUT2D eigenvalue weighted by atomic mass is 35.5. The maximum atomic E-state index is 13.1. The normalized spacial score (nSPS) is 10.4. The number of hydrogen-bond donors (Lipinski definition) is 1. The van der Waals surface area contributed by atoms with Crippen LogP contribution in [0.4, 0.5) is 5.69 Å². The molecule has 0 heterocycles. The average Bonchev–Trinajstić information content (AvgIpc) is 2.84. The summed E-state index contributed by atoms with van der Waals surface area (Å²) in [6.45, 7) is 0.311. The molecule has 5 heteroatoms. The van der Waals surface area contributed by atoms with Crippen LogP contribution in [0.3, 0.4) is 0 Å². The van der Waals surface area contributed by atoms with E-state index in [1.807, 2.05) is 36.4 Å². The Morgan fingerprint density at radius 1 is 0.750 bits per heavy atom. The van der Waals surface area contributed by atoms with Crippen molar-refractivity contribution < 1.29 is 14.3 Å². The zero-order valence-corrected chi connectivity index (χ0v) is 17.9. The van der Waals surface area contributed by atoms with Gasteiger partial charge < -0.3 is 10.1 Å². The van der Waals surface area contributed by atoms with E-state index in [0.29, 0.717) is 34.2 Å². The van der Waals surface area contributed by atoms with Gasteiger partial charge in [-0.3, -0.25) is 9.59 Å². The van der Waals surface area contributed by atoms with E-state index in [1.165, 1.54) is 0 Å². The summed E-state index contributed by atoms with van der Waals surface area (Å²) in [5, 5.41) is 3.26. The van der Waals surface area contributed by atoms with E-state index < -0.39 is 5.91 Å². The molecule has 0 aromatic heterocycles.